The van der Waals surface area contributed by atoms with Crippen molar-refractivity contribution in [2.45, 2.75) is 80.6 Å². The van der Waals surface area contributed by atoms with Crippen molar-refractivity contribution in [3.8, 4) is 5.75 Å². The number of methoxy groups -OCH3 is 1. The first kappa shape index (κ1) is 23.2. The van der Waals surface area contributed by atoms with Crippen LogP contribution in [0.1, 0.15) is 44.1 Å². The molecule has 0 amide bonds. The summed E-state index contributed by atoms with van der Waals surface area (Å²) < 4.78 is 17.2. The molecule has 9 nitrogen and oxygen atoms in total. The van der Waals surface area contributed by atoms with Gasteiger partial charge < -0.3 is 34.6 Å². The number of benzene rings is 1. The van der Waals surface area contributed by atoms with Crippen LogP contribution in [0.2, 0.25) is 5.02 Å². The standard InChI is InChI=1S/C21H29ClO9/c1-27-21(20(30-31-21)8-3-2-4-9-20)12-6-5-7-15(17(12)22)28-19-18(26)14(25)10-13(24)16(11-23)29-19/h5-7,13-14,16,18-19,23-26H,2-4,8-11H2,1H3. The highest BCUT2D eigenvalue weighted by molar-refractivity contribution is 6.33. The Morgan fingerprint density at radius 1 is 1.10 bits per heavy atom. The SMILES string of the molecule is COC1(c2cccc(OC3OC(CO)C(O)CC(O)C3O)c2Cl)OOC12CCCCC2. The first-order chi connectivity index (χ1) is 14.9. The van der Waals surface area contributed by atoms with Gasteiger partial charge in [-0.1, -0.05) is 43.0 Å². The van der Waals surface area contributed by atoms with Gasteiger partial charge in [-0.15, -0.1) is 0 Å². The van der Waals surface area contributed by atoms with E-state index in [-0.39, 0.29) is 17.2 Å². The lowest BCUT2D eigenvalue weighted by Crippen LogP contribution is -2.66. The van der Waals surface area contributed by atoms with E-state index in [4.69, 9.17) is 35.6 Å². The second-order valence-electron chi connectivity index (χ2n) is 8.36. The molecular weight excluding hydrogens is 432 g/mol. The largest absolute Gasteiger partial charge is 0.460 e. The van der Waals surface area contributed by atoms with Crippen LogP contribution in [0, 0.1) is 0 Å². The molecule has 1 aliphatic carbocycles. The van der Waals surface area contributed by atoms with Crippen molar-refractivity contribution in [1.29, 1.82) is 0 Å². The van der Waals surface area contributed by atoms with E-state index in [1.165, 1.54) is 7.11 Å². The van der Waals surface area contributed by atoms with Gasteiger partial charge in [0.2, 0.25) is 6.29 Å². The smallest absolute Gasteiger partial charge is 0.261 e. The molecular formula is C21H29ClO9. The average Bonchev–Trinajstić information content (AvgIpc) is 2.87. The van der Waals surface area contributed by atoms with Gasteiger partial charge in [-0.2, -0.15) is 4.89 Å². The van der Waals surface area contributed by atoms with Crippen LogP contribution in [0.3, 0.4) is 0 Å². The monoisotopic (exact) mass is 460 g/mol. The van der Waals surface area contributed by atoms with E-state index in [9.17, 15) is 20.4 Å². The number of hydrogen-bond donors (Lipinski definition) is 4. The zero-order chi connectivity index (χ0) is 22.2. The van der Waals surface area contributed by atoms with Crippen LogP contribution in [0.15, 0.2) is 18.2 Å². The summed E-state index contributed by atoms with van der Waals surface area (Å²) in [5.74, 6) is -1.03. The molecule has 31 heavy (non-hydrogen) atoms. The molecule has 1 saturated carbocycles. The number of aliphatic hydroxyl groups excluding tert-OH is 4. The first-order valence-corrected chi connectivity index (χ1v) is 10.9. The normalized spacial score (nSPS) is 37.8. The second-order valence-corrected chi connectivity index (χ2v) is 8.74. The van der Waals surface area contributed by atoms with Crippen LogP contribution >= 0.6 is 11.6 Å². The number of aliphatic hydroxyl groups is 4. The van der Waals surface area contributed by atoms with Crippen LogP contribution in [-0.4, -0.2) is 70.4 Å². The predicted octanol–water partition coefficient (Wildman–Crippen LogP) is 1.37. The quantitative estimate of drug-likeness (QED) is 0.482. The minimum absolute atomic E-state index is 0.166. The predicted molar refractivity (Wildman–Crippen MR) is 107 cm³/mol. The molecule has 3 fully saturated rings. The maximum Gasteiger partial charge on any atom is 0.261 e. The fraction of sp³-hybridized carbons (Fsp3) is 0.714. The Balaban J connectivity index is 1.63. The topological polar surface area (TPSA) is 127 Å². The fourth-order valence-electron chi connectivity index (χ4n) is 4.70. The summed E-state index contributed by atoms with van der Waals surface area (Å²) in [5, 5.41) is 40.3. The Morgan fingerprint density at radius 3 is 2.45 bits per heavy atom. The molecule has 1 spiro atoms. The van der Waals surface area contributed by atoms with Crippen LogP contribution in [0.25, 0.3) is 0 Å². The lowest BCUT2D eigenvalue weighted by molar-refractivity contribution is -0.622. The molecule has 6 atom stereocenters. The third kappa shape index (κ3) is 3.86. The fourth-order valence-corrected chi connectivity index (χ4v) is 4.99. The number of hydrogen-bond acceptors (Lipinski definition) is 9. The van der Waals surface area contributed by atoms with E-state index in [1.54, 1.807) is 18.2 Å². The van der Waals surface area contributed by atoms with Gasteiger partial charge in [-0.05, 0) is 18.9 Å². The van der Waals surface area contributed by atoms with E-state index in [2.05, 4.69) is 0 Å². The molecule has 4 N–H and O–H groups in total. The van der Waals surface area contributed by atoms with E-state index in [0.717, 1.165) is 32.1 Å². The molecule has 0 aromatic heterocycles. The van der Waals surface area contributed by atoms with Gasteiger partial charge in [0.15, 0.2) is 5.60 Å². The summed E-state index contributed by atoms with van der Waals surface area (Å²) in [6, 6.07) is 5.05. The minimum atomic E-state index is -1.46. The van der Waals surface area contributed by atoms with Crippen LogP contribution in [0.5, 0.6) is 5.75 Å². The first-order valence-electron chi connectivity index (χ1n) is 10.6. The number of ether oxygens (including phenoxy) is 3. The maximum absolute atomic E-state index is 10.4. The molecule has 0 radical (unpaired) electrons. The van der Waals surface area contributed by atoms with Crippen molar-refractivity contribution < 1.29 is 44.4 Å². The number of halogens is 1. The zero-order valence-electron chi connectivity index (χ0n) is 17.3. The van der Waals surface area contributed by atoms with Crippen LogP contribution in [0.4, 0.5) is 0 Å². The summed E-state index contributed by atoms with van der Waals surface area (Å²) in [6.45, 7) is -0.505. The van der Waals surface area contributed by atoms with Gasteiger partial charge in [-0.3, -0.25) is 0 Å². The highest BCUT2D eigenvalue weighted by Crippen LogP contribution is 2.58. The molecule has 3 aliphatic rings. The molecule has 2 aliphatic heterocycles. The van der Waals surface area contributed by atoms with Gasteiger partial charge in [0.05, 0.1) is 23.8 Å². The van der Waals surface area contributed by atoms with E-state index >= 15 is 0 Å². The van der Waals surface area contributed by atoms with Crippen LogP contribution < -0.4 is 4.74 Å². The van der Waals surface area contributed by atoms with E-state index < -0.39 is 48.7 Å². The van der Waals surface area contributed by atoms with Gasteiger partial charge in [-0.25, -0.2) is 4.89 Å². The summed E-state index contributed by atoms with van der Waals surface area (Å²) in [6.07, 6.45) is -1.90. The molecule has 0 bridgehead atoms. The molecule has 2 heterocycles. The highest BCUT2D eigenvalue weighted by Gasteiger charge is 2.67. The van der Waals surface area contributed by atoms with Crippen molar-refractivity contribution in [1.82, 2.24) is 0 Å². The third-order valence-corrected chi connectivity index (χ3v) is 6.89. The molecule has 4 rings (SSSR count). The minimum Gasteiger partial charge on any atom is -0.460 e. The molecule has 1 aromatic rings. The Hall–Kier alpha value is -1.01. The van der Waals surface area contributed by atoms with Crippen molar-refractivity contribution in [2.24, 2.45) is 0 Å². The Bertz CT molecular complexity index is 767. The Labute approximate surface area is 185 Å². The van der Waals surface area contributed by atoms with E-state index in [1.807, 2.05) is 0 Å². The average molecular weight is 461 g/mol. The van der Waals surface area contributed by atoms with Gasteiger partial charge in [0, 0.05) is 19.1 Å². The van der Waals surface area contributed by atoms with Gasteiger partial charge >= 0.3 is 0 Å². The van der Waals surface area contributed by atoms with Crippen molar-refractivity contribution >= 4 is 11.6 Å². The third-order valence-electron chi connectivity index (χ3n) is 6.50. The molecule has 2 saturated heterocycles. The summed E-state index contributed by atoms with van der Waals surface area (Å²) in [7, 11) is 1.53. The van der Waals surface area contributed by atoms with Crippen molar-refractivity contribution in [3.63, 3.8) is 0 Å². The van der Waals surface area contributed by atoms with E-state index in [0.29, 0.717) is 5.56 Å². The van der Waals surface area contributed by atoms with Gasteiger partial charge in [0.1, 0.15) is 18.0 Å². The molecule has 6 unspecified atom stereocenters. The Morgan fingerprint density at radius 2 is 1.84 bits per heavy atom. The summed E-state index contributed by atoms with van der Waals surface area (Å²) in [5.41, 5.74) is -0.132. The lowest BCUT2D eigenvalue weighted by Gasteiger charge is -2.56. The second kappa shape index (κ2) is 9.09. The lowest BCUT2D eigenvalue weighted by atomic mass is 9.74. The van der Waals surface area contributed by atoms with Crippen molar-refractivity contribution in [2.75, 3.05) is 13.7 Å². The Kier molecular flexibility index (Phi) is 6.79. The summed E-state index contributed by atoms with van der Waals surface area (Å²) >= 11 is 6.69. The van der Waals surface area contributed by atoms with Crippen LogP contribution in [-0.2, 0) is 25.0 Å². The summed E-state index contributed by atoms with van der Waals surface area (Å²) in [4.78, 5) is 11.1. The van der Waals surface area contributed by atoms with Gasteiger partial charge in [0.25, 0.3) is 5.79 Å². The van der Waals surface area contributed by atoms with Crippen molar-refractivity contribution in [3.05, 3.63) is 28.8 Å². The number of rotatable bonds is 5. The molecule has 174 valence electrons. The molecule has 1 aromatic carbocycles. The molecule has 10 heteroatoms. The zero-order valence-corrected chi connectivity index (χ0v) is 18.0. The maximum atomic E-state index is 10.4. The highest BCUT2D eigenvalue weighted by atomic mass is 35.5.